The molecule has 0 saturated heterocycles. The van der Waals surface area contributed by atoms with Crippen molar-refractivity contribution < 1.29 is 4.79 Å². The first-order valence-corrected chi connectivity index (χ1v) is 7.55. The molecular weight excluding hydrogens is 300 g/mol. The van der Waals surface area contributed by atoms with Gasteiger partial charge in [0.2, 0.25) is 0 Å². The number of nitrogens with zero attached hydrogens (tertiary/aromatic N) is 4. The molecule has 116 valence electrons. The highest BCUT2D eigenvalue weighted by Crippen LogP contribution is 2.22. The average Bonchev–Trinajstić information content (AvgIpc) is 3.32. The monoisotopic (exact) mass is 314 g/mol. The minimum absolute atomic E-state index is 0.220. The first-order chi connectivity index (χ1) is 11.8. The molecule has 0 aliphatic heterocycles. The zero-order valence-electron chi connectivity index (χ0n) is 12.8. The highest BCUT2D eigenvalue weighted by Gasteiger charge is 2.17. The van der Waals surface area contributed by atoms with Crippen LogP contribution in [0.1, 0.15) is 0 Å². The van der Waals surface area contributed by atoms with Gasteiger partial charge in [0.15, 0.2) is 0 Å². The molecule has 5 heteroatoms. The van der Waals surface area contributed by atoms with Gasteiger partial charge in [-0.1, -0.05) is 60.7 Å². The van der Waals surface area contributed by atoms with E-state index in [0.29, 0.717) is 0 Å². The quantitative estimate of drug-likeness (QED) is 0.563. The Morgan fingerprint density at radius 1 is 0.667 bits per heavy atom. The van der Waals surface area contributed by atoms with Crippen molar-refractivity contribution in [1.29, 1.82) is 0 Å². The van der Waals surface area contributed by atoms with Gasteiger partial charge < -0.3 is 0 Å². The molecule has 24 heavy (non-hydrogen) atoms. The fourth-order valence-electron chi connectivity index (χ4n) is 2.66. The summed E-state index contributed by atoms with van der Waals surface area (Å²) in [7, 11) is 0. The molecule has 0 bridgehead atoms. The normalized spacial score (nSPS) is 10.7. The van der Waals surface area contributed by atoms with Gasteiger partial charge in [0.05, 0.1) is 23.8 Å². The molecule has 4 rings (SSSR count). The maximum absolute atomic E-state index is 13.0. The lowest BCUT2D eigenvalue weighted by Gasteiger charge is -2.10. The van der Waals surface area contributed by atoms with Crippen molar-refractivity contribution >= 4 is 6.03 Å². The Hall–Kier alpha value is -3.47. The number of rotatable bonds is 2. The summed E-state index contributed by atoms with van der Waals surface area (Å²) in [6, 6.07) is 19.2. The lowest BCUT2D eigenvalue weighted by atomic mass is 10.1. The van der Waals surface area contributed by atoms with Crippen molar-refractivity contribution in [2.24, 2.45) is 0 Å². The second-order valence-electron chi connectivity index (χ2n) is 5.31. The summed E-state index contributed by atoms with van der Waals surface area (Å²) >= 11 is 0. The van der Waals surface area contributed by atoms with Gasteiger partial charge in [-0.05, 0) is 0 Å². The molecule has 0 aliphatic carbocycles. The summed E-state index contributed by atoms with van der Waals surface area (Å²) in [6.07, 6.45) is 6.43. The van der Waals surface area contributed by atoms with E-state index in [1.807, 2.05) is 60.7 Å². The first kappa shape index (κ1) is 14.1. The van der Waals surface area contributed by atoms with Gasteiger partial charge in [-0.3, -0.25) is 0 Å². The van der Waals surface area contributed by atoms with E-state index in [1.165, 1.54) is 21.8 Å². The molecule has 0 aliphatic rings. The Labute approximate surface area is 138 Å². The van der Waals surface area contributed by atoms with Gasteiger partial charge >= 0.3 is 6.03 Å². The van der Waals surface area contributed by atoms with Crippen LogP contribution >= 0.6 is 0 Å². The van der Waals surface area contributed by atoms with Crippen LogP contribution in [0.15, 0.2) is 85.7 Å². The SMILES string of the molecule is O=C(n1cncc1-c1ccccc1)n1cncc1-c1ccccc1. The average molecular weight is 314 g/mol. The molecular formula is C19H14N4O. The van der Waals surface area contributed by atoms with Crippen molar-refractivity contribution in [3.63, 3.8) is 0 Å². The zero-order valence-corrected chi connectivity index (χ0v) is 12.8. The Morgan fingerprint density at radius 2 is 1.08 bits per heavy atom. The Bertz CT molecular complexity index is 891. The van der Waals surface area contributed by atoms with E-state index < -0.39 is 0 Å². The van der Waals surface area contributed by atoms with Crippen LogP contribution in [0, 0.1) is 0 Å². The Morgan fingerprint density at radius 3 is 1.50 bits per heavy atom. The summed E-state index contributed by atoms with van der Waals surface area (Å²) < 4.78 is 3.06. The van der Waals surface area contributed by atoms with Crippen molar-refractivity contribution in [1.82, 2.24) is 19.1 Å². The molecule has 0 unspecified atom stereocenters. The van der Waals surface area contributed by atoms with Crippen molar-refractivity contribution in [3.8, 4) is 22.5 Å². The number of benzene rings is 2. The molecule has 0 radical (unpaired) electrons. The fourth-order valence-corrected chi connectivity index (χ4v) is 2.66. The lowest BCUT2D eigenvalue weighted by molar-refractivity contribution is 0.244. The summed E-state index contributed by atoms with van der Waals surface area (Å²) in [5, 5.41) is 0. The van der Waals surface area contributed by atoms with Crippen LogP contribution in [0.5, 0.6) is 0 Å². The maximum Gasteiger partial charge on any atom is 0.339 e. The molecule has 2 aromatic carbocycles. The van der Waals surface area contributed by atoms with E-state index in [1.54, 1.807) is 12.4 Å². The van der Waals surface area contributed by atoms with Gasteiger partial charge in [0.1, 0.15) is 12.7 Å². The highest BCUT2D eigenvalue weighted by atomic mass is 16.2. The third kappa shape index (κ3) is 2.42. The number of imidazole rings is 2. The van der Waals surface area contributed by atoms with Crippen LogP contribution in [0.25, 0.3) is 22.5 Å². The van der Waals surface area contributed by atoms with Gasteiger partial charge in [-0.2, -0.15) is 0 Å². The second kappa shape index (κ2) is 5.96. The number of hydrogen-bond acceptors (Lipinski definition) is 3. The van der Waals surface area contributed by atoms with Crippen LogP contribution in [0.4, 0.5) is 4.79 Å². The van der Waals surface area contributed by atoms with Crippen LogP contribution < -0.4 is 0 Å². The minimum atomic E-state index is -0.220. The van der Waals surface area contributed by atoms with Gasteiger partial charge in [0, 0.05) is 11.1 Å². The standard InChI is InChI=1S/C19H14N4O/c24-19(22-13-20-11-17(22)15-7-3-1-4-8-15)23-14-21-12-18(23)16-9-5-2-6-10-16/h1-14H. The van der Waals surface area contributed by atoms with Gasteiger partial charge in [-0.15, -0.1) is 0 Å². The minimum Gasteiger partial charge on any atom is -0.250 e. The molecule has 0 spiro atoms. The van der Waals surface area contributed by atoms with Crippen LogP contribution in [0.3, 0.4) is 0 Å². The van der Waals surface area contributed by atoms with Gasteiger partial charge in [-0.25, -0.2) is 23.9 Å². The van der Waals surface area contributed by atoms with E-state index in [-0.39, 0.29) is 6.03 Å². The first-order valence-electron chi connectivity index (χ1n) is 7.55. The molecule has 0 fully saturated rings. The second-order valence-corrected chi connectivity index (χ2v) is 5.31. The predicted molar refractivity (Wildman–Crippen MR) is 91.5 cm³/mol. The van der Waals surface area contributed by atoms with Crippen molar-refractivity contribution in [2.45, 2.75) is 0 Å². The Kier molecular flexibility index (Phi) is 3.51. The van der Waals surface area contributed by atoms with Crippen molar-refractivity contribution in [3.05, 3.63) is 85.7 Å². The molecule has 4 aromatic rings. The number of aromatic nitrogens is 4. The molecule has 5 nitrogen and oxygen atoms in total. The van der Waals surface area contributed by atoms with Crippen molar-refractivity contribution in [2.75, 3.05) is 0 Å². The van der Waals surface area contributed by atoms with Crippen LogP contribution in [-0.4, -0.2) is 25.1 Å². The Balaban J connectivity index is 1.78. The van der Waals surface area contributed by atoms with Gasteiger partial charge in [0.25, 0.3) is 0 Å². The third-order valence-corrected chi connectivity index (χ3v) is 3.83. The number of hydrogen-bond donors (Lipinski definition) is 0. The largest absolute Gasteiger partial charge is 0.339 e. The summed E-state index contributed by atoms with van der Waals surface area (Å²) in [4.78, 5) is 21.3. The lowest BCUT2D eigenvalue weighted by Crippen LogP contribution is -2.19. The number of carbonyl (C=O) groups excluding carboxylic acids is 1. The van der Waals surface area contributed by atoms with E-state index in [0.717, 1.165) is 22.5 Å². The number of carbonyl (C=O) groups is 1. The van der Waals surface area contributed by atoms with Crippen LogP contribution in [0.2, 0.25) is 0 Å². The summed E-state index contributed by atoms with van der Waals surface area (Å²) in [5.74, 6) is 0. The van der Waals surface area contributed by atoms with E-state index in [4.69, 9.17) is 0 Å². The van der Waals surface area contributed by atoms with E-state index in [2.05, 4.69) is 9.97 Å². The molecule has 2 heterocycles. The molecule has 0 atom stereocenters. The maximum atomic E-state index is 13.0. The predicted octanol–water partition coefficient (Wildman–Crippen LogP) is 3.93. The molecule has 0 N–H and O–H groups in total. The highest BCUT2D eigenvalue weighted by molar-refractivity contribution is 5.87. The topological polar surface area (TPSA) is 52.7 Å². The summed E-state index contributed by atoms with van der Waals surface area (Å²) in [5.41, 5.74) is 3.36. The smallest absolute Gasteiger partial charge is 0.250 e. The zero-order chi connectivity index (χ0) is 16.4. The molecule has 0 saturated carbocycles. The van der Waals surface area contributed by atoms with E-state index >= 15 is 0 Å². The third-order valence-electron chi connectivity index (χ3n) is 3.83. The summed E-state index contributed by atoms with van der Waals surface area (Å²) in [6.45, 7) is 0. The fraction of sp³-hybridized carbons (Fsp3) is 0. The van der Waals surface area contributed by atoms with E-state index in [9.17, 15) is 4.79 Å². The molecule has 0 amide bonds. The van der Waals surface area contributed by atoms with Crippen LogP contribution in [-0.2, 0) is 0 Å². The molecule has 2 aromatic heterocycles.